The van der Waals surface area contributed by atoms with Gasteiger partial charge in [-0.3, -0.25) is 0 Å². The van der Waals surface area contributed by atoms with Gasteiger partial charge in [-0.15, -0.1) is 0 Å². The molecule has 2 nitrogen and oxygen atoms in total. The van der Waals surface area contributed by atoms with Crippen molar-refractivity contribution in [2.24, 2.45) is 0 Å². The lowest BCUT2D eigenvalue weighted by molar-refractivity contribution is 0.488. The summed E-state index contributed by atoms with van der Waals surface area (Å²) in [6.07, 6.45) is 0. The lowest BCUT2D eigenvalue weighted by atomic mass is 11.8. The lowest BCUT2D eigenvalue weighted by Gasteiger charge is -2.14. The van der Waals surface area contributed by atoms with E-state index in [2.05, 4.69) is 19.6 Å². The van der Waals surface area contributed by atoms with E-state index in [0.717, 1.165) is 0 Å². The van der Waals surface area contributed by atoms with Gasteiger partial charge in [-0.2, -0.15) is 0 Å². The third kappa shape index (κ3) is 6.57. The minimum absolute atomic E-state index is 0.641. The summed E-state index contributed by atoms with van der Waals surface area (Å²) in [4.78, 5) is 17.1. The maximum absolute atomic E-state index is 8.54. The molecular formula is C4H13O2PSi. The van der Waals surface area contributed by atoms with Gasteiger partial charge in [-0.25, -0.2) is 0 Å². The zero-order chi connectivity index (χ0) is 6.78. The molecule has 0 saturated carbocycles. The number of hydrogen-bond acceptors (Lipinski definition) is 2. The quantitative estimate of drug-likeness (QED) is 0.460. The van der Waals surface area contributed by atoms with Crippen LogP contribution in [0.3, 0.4) is 0 Å². The Morgan fingerprint density at radius 1 is 1.25 bits per heavy atom. The van der Waals surface area contributed by atoms with E-state index >= 15 is 0 Å². The molecule has 0 bridgehead atoms. The van der Waals surface area contributed by atoms with Gasteiger partial charge in [0.15, 0.2) is 8.38 Å². The maximum Gasteiger partial charge on any atom is 0.161 e. The van der Waals surface area contributed by atoms with E-state index in [-0.39, 0.29) is 0 Å². The molecule has 0 aliphatic rings. The van der Waals surface area contributed by atoms with Crippen LogP contribution in [0.25, 0.3) is 0 Å². The van der Waals surface area contributed by atoms with Crippen LogP contribution < -0.4 is 0 Å². The molecule has 4 heteroatoms. The van der Waals surface area contributed by atoms with Crippen LogP contribution in [0.2, 0.25) is 19.6 Å². The van der Waals surface area contributed by atoms with Crippen molar-refractivity contribution >= 4 is 16.4 Å². The first kappa shape index (κ1) is 8.57. The molecule has 0 heterocycles. The molecule has 0 aliphatic carbocycles. The van der Waals surface area contributed by atoms with E-state index in [1.54, 1.807) is 0 Å². The average Bonchev–Trinajstić information content (AvgIpc) is 1.21. The molecule has 0 amide bonds. The molecule has 0 rings (SSSR count). The molecule has 0 fully saturated rings. The van der Waals surface area contributed by atoms with E-state index in [0.29, 0.717) is 5.79 Å². The molecule has 0 aromatic heterocycles. The summed E-state index contributed by atoms with van der Waals surface area (Å²) in [6, 6.07) is 0. The summed E-state index contributed by atoms with van der Waals surface area (Å²) in [7, 11) is -2.82. The molecule has 0 aromatic rings. The van der Waals surface area contributed by atoms with Crippen LogP contribution in [0.5, 0.6) is 0 Å². The maximum atomic E-state index is 8.54. The number of hydrogen-bond donors (Lipinski definition) is 2. The lowest BCUT2D eigenvalue weighted by Crippen LogP contribution is -2.24. The fourth-order valence-electron chi connectivity index (χ4n) is 0.424. The summed E-state index contributed by atoms with van der Waals surface area (Å²) in [5.41, 5.74) is 0. The molecule has 0 aromatic carbocycles. The largest absolute Gasteiger partial charge is 0.350 e. The monoisotopic (exact) mass is 152 g/mol. The summed E-state index contributed by atoms with van der Waals surface area (Å²) in [6.45, 7) is 6.36. The third-order valence-electron chi connectivity index (χ3n) is 0.616. The molecule has 0 saturated heterocycles. The molecule has 0 aliphatic heterocycles. The highest BCUT2D eigenvalue weighted by molar-refractivity contribution is 7.48. The zero-order valence-corrected chi connectivity index (χ0v) is 7.44. The second-order valence-electron chi connectivity index (χ2n) is 3.09. The summed E-state index contributed by atoms with van der Waals surface area (Å²) in [5.74, 6) is 0.641. The Morgan fingerprint density at radius 2 is 1.62 bits per heavy atom. The van der Waals surface area contributed by atoms with Gasteiger partial charge in [0.25, 0.3) is 0 Å². The Morgan fingerprint density at radius 3 is 1.62 bits per heavy atom. The number of rotatable bonds is 2. The molecule has 0 radical (unpaired) electrons. The van der Waals surface area contributed by atoms with Crippen molar-refractivity contribution in [3.8, 4) is 0 Å². The van der Waals surface area contributed by atoms with Gasteiger partial charge in [0.05, 0.1) is 8.07 Å². The minimum Gasteiger partial charge on any atom is -0.350 e. The van der Waals surface area contributed by atoms with Crippen LogP contribution in [0.15, 0.2) is 0 Å². The van der Waals surface area contributed by atoms with E-state index in [1.165, 1.54) is 0 Å². The highest BCUT2D eigenvalue weighted by atomic mass is 31.2. The highest BCUT2D eigenvalue weighted by Gasteiger charge is 2.16. The molecular weight excluding hydrogens is 139 g/mol. The Bertz CT molecular complexity index is 68.9. The normalized spacial score (nSPS) is 12.8. The topological polar surface area (TPSA) is 40.5 Å². The first-order valence-electron chi connectivity index (χ1n) is 2.57. The van der Waals surface area contributed by atoms with Crippen molar-refractivity contribution in [3.63, 3.8) is 0 Å². The first-order valence-corrected chi connectivity index (χ1v) is 7.71. The van der Waals surface area contributed by atoms with Crippen LogP contribution in [0.1, 0.15) is 0 Å². The third-order valence-corrected chi connectivity index (χ3v) is 5.54. The fraction of sp³-hybridized carbons (Fsp3) is 1.00. The van der Waals surface area contributed by atoms with Crippen LogP contribution in [0.4, 0.5) is 0 Å². The van der Waals surface area contributed by atoms with Crippen LogP contribution in [-0.4, -0.2) is 23.6 Å². The minimum atomic E-state index is -1.63. The van der Waals surface area contributed by atoms with Crippen LogP contribution in [-0.2, 0) is 0 Å². The van der Waals surface area contributed by atoms with Gasteiger partial charge < -0.3 is 9.79 Å². The second-order valence-corrected chi connectivity index (χ2v) is 10.2. The van der Waals surface area contributed by atoms with Gasteiger partial charge in [0, 0.05) is 5.79 Å². The van der Waals surface area contributed by atoms with Crippen molar-refractivity contribution in [2.45, 2.75) is 19.6 Å². The smallest absolute Gasteiger partial charge is 0.161 e. The van der Waals surface area contributed by atoms with Crippen molar-refractivity contribution < 1.29 is 9.79 Å². The van der Waals surface area contributed by atoms with E-state index in [1.807, 2.05) is 0 Å². The van der Waals surface area contributed by atoms with Gasteiger partial charge in [0.1, 0.15) is 0 Å². The molecule has 50 valence electrons. The van der Waals surface area contributed by atoms with Crippen LogP contribution in [0, 0.1) is 0 Å². The summed E-state index contributed by atoms with van der Waals surface area (Å²) >= 11 is 0. The summed E-state index contributed by atoms with van der Waals surface area (Å²) in [5, 5.41) is 0. The van der Waals surface area contributed by atoms with Gasteiger partial charge in [-0.1, -0.05) is 19.6 Å². The highest BCUT2D eigenvalue weighted by Crippen LogP contribution is 2.27. The van der Waals surface area contributed by atoms with E-state index in [9.17, 15) is 0 Å². The predicted octanol–water partition coefficient (Wildman–Crippen LogP) is 1.16. The molecule has 0 atom stereocenters. The van der Waals surface area contributed by atoms with Crippen molar-refractivity contribution in [3.05, 3.63) is 0 Å². The zero-order valence-electron chi connectivity index (χ0n) is 5.55. The van der Waals surface area contributed by atoms with Crippen LogP contribution >= 0.6 is 8.38 Å². The fourth-order valence-corrected chi connectivity index (χ4v) is 3.82. The molecule has 0 unspecified atom stereocenters. The molecule has 8 heavy (non-hydrogen) atoms. The predicted molar refractivity (Wildman–Crippen MR) is 39.6 cm³/mol. The Balaban J connectivity index is 3.39. The van der Waals surface area contributed by atoms with Crippen molar-refractivity contribution in [1.29, 1.82) is 0 Å². The van der Waals surface area contributed by atoms with Gasteiger partial charge in [0.2, 0.25) is 0 Å². The van der Waals surface area contributed by atoms with Gasteiger partial charge >= 0.3 is 0 Å². The Hall–Kier alpha value is 0.567. The van der Waals surface area contributed by atoms with Crippen molar-refractivity contribution in [1.82, 2.24) is 0 Å². The molecule has 0 spiro atoms. The molecule has 2 N–H and O–H groups in total. The summed E-state index contributed by atoms with van der Waals surface area (Å²) < 4.78 is 0. The Kier molecular flexibility index (Phi) is 3.13. The standard InChI is InChI=1S/C4H13O2PSi/c1-8(2,3)4-7(5)6/h5-6H,4H2,1-3H3. The van der Waals surface area contributed by atoms with Crippen molar-refractivity contribution in [2.75, 3.05) is 5.79 Å². The SMILES string of the molecule is C[Si](C)(C)CP(O)O. The van der Waals surface area contributed by atoms with E-state index in [4.69, 9.17) is 9.79 Å². The van der Waals surface area contributed by atoms with Gasteiger partial charge in [-0.05, 0) is 0 Å². The average molecular weight is 152 g/mol. The second kappa shape index (κ2) is 2.92. The van der Waals surface area contributed by atoms with E-state index < -0.39 is 16.4 Å². The Labute approximate surface area is 52.5 Å². The first-order chi connectivity index (χ1) is 3.42.